The van der Waals surface area contributed by atoms with Crippen molar-refractivity contribution >= 4 is 65.7 Å². The number of nitrogens with zero attached hydrogens (tertiary/aromatic N) is 1. The average molecular weight is 514 g/mol. The van der Waals surface area contributed by atoms with Gasteiger partial charge >= 0.3 is 11.9 Å². The van der Waals surface area contributed by atoms with E-state index in [4.69, 9.17) is 9.47 Å². The fourth-order valence-electron chi connectivity index (χ4n) is 3.13. The minimum atomic E-state index is -0.864. The zero-order valence-electron chi connectivity index (χ0n) is 17.2. The third kappa shape index (κ3) is 6.01. The monoisotopic (exact) mass is 513 g/mol. The van der Waals surface area contributed by atoms with Crippen molar-refractivity contribution in [1.29, 1.82) is 0 Å². The second-order valence-electron chi connectivity index (χ2n) is 8.19. The predicted molar refractivity (Wildman–Crippen MR) is 128 cm³/mol. The van der Waals surface area contributed by atoms with Gasteiger partial charge in [0.15, 0.2) is 5.70 Å². The SMILES string of the molecule is C.C[C@@H](O)[C@H]1C(=O)N2C(C(=O)OCOC(=O)C(C)(C)C)=C(S[C@H]3CC[S@@](=O)C3)S[C@H]12.S. The van der Waals surface area contributed by atoms with Crippen molar-refractivity contribution in [1.82, 2.24) is 4.90 Å². The molecule has 5 atom stereocenters. The normalized spacial score (nSPS) is 28.2. The van der Waals surface area contributed by atoms with Gasteiger partial charge in [-0.15, -0.1) is 11.8 Å². The number of aliphatic hydroxyl groups is 1. The molecule has 0 bridgehead atoms. The van der Waals surface area contributed by atoms with E-state index in [-0.39, 0.29) is 43.2 Å². The molecule has 0 saturated carbocycles. The largest absolute Gasteiger partial charge is 0.427 e. The third-order valence-electron chi connectivity index (χ3n) is 4.76. The molecule has 8 nitrogen and oxygen atoms in total. The summed E-state index contributed by atoms with van der Waals surface area (Å²) in [6.07, 6.45) is -0.0599. The molecular formula is C19H31NO7S4. The molecule has 1 amide bonds. The van der Waals surface area contributed by atoms with Crippen molar-refractivity contribution in [3.8, 4) is 0 Å². The summed E-state index contributed by atoms with van der Waals surface area (Å²) in [4.78, 5) is 38.4. The van der Waals surface area contributed by atoms with Crippen molar-refractivity contribution < 1.29 is 33.2 Å². The molecule has 178 valence electrons. The summed E-state index contributed by atoms with van der Waals surface area (Å²) in [5.74, 6) is -1.01. The minimum Gasteiger partial charge on any atom is -0.427 e. The van der Waals surface area contributed by atoms with Gasteiger partial charge in [0, 0.05) is 27.6 Å². The number of esters is 2. The summed E-state index contributed by atoms with van der Waals surface area (Å²) >= 11 is 2.78. The maximum absolute atomic E-state index is 12.7. The fraction of sp³-hybridized carbons (Fsp3) is 0.737. The summed E-state index contributed by atoms with van der Waals surface area (Å²) in [6.45, 7) is 6.07. The Kier molecular flexibility index (Phi) is 10.0. The molecule has 0 radical (unpaired) electrons. The Hall–Kier alpha value is -0.690. The zero-order valence-corrected chi connectivity index (χ0v) is 20.7. The predicted octanol–water partition coefficient (Wildman–Crippen LogP) is 2.16. The van der Waals surface area contributed by atoms with Gasteiger partial charge in [0.2, 0.25) is 12.7 Å². The Balaban J connectivity index is 0.00000240. The molecule has 0 unspecified atom stereocenters. The molecule has 3 rings (SSSR count). The van der Waals surface area contributed by atoms with E-state index >= 15 is 0 Å². The van der Waals surface area contributed by atoms with Gasteiger partial charge in [0.25, 0.3) is 0 Å². The van der Waals surface area contributed by atoms with Crippen LogP contribution in [0.2, 0.25) is 0 Å². The van der Waals surface area contributed by atoms with Crippen LogP contribution < -0.4 is 0 Å². The Labute approximate surface area is 201 Å². The van der Waals surface area contributed by atoms with Gasteiger partial charge < -0.3 is 14.6 Å². The number of thioether (sulfide) groups is 2. The number of rotatable bonds is 6. The topological polar surface area (TPSA) is 110 Å². The average Bonchev–Trinajstić information content (AvgIpc) is 3.15. The van der Waals surface area contributed by atoms with E-state index in [0.29, 0.717) is 15.7 Å². The highest BCUT2D eigenvalue weighted by Gasteiger charge is 2.58. The summed E-state index contributed by atoms with van der Waals surface area (Å²) in [5.41, 5.74) is -0.604. The highest BCUT2D eigenvalue weighted by molar-refractivity contribution is 8.23. The van der Waals surface area contributed by atoms with Crippen LogP contribution in [0.1, 0.15) is 41.5 Å². The second-order valence-corrected chi connectivity index (χ2v) is 12.5. The van der Waals surface area contributed by atoms with Crippen molar-refractivity contribution in [2.45, 2.75) is 58.3 Å². The van der Waals surface area contributed by atoms with Gasteiger partial charge in [-0.25, -0.2) is 4.79 Å². The van der Waals surface area contributed by atoms with Crippen LogP contribution in [0.3, 0.4) is 0 Å². The van der Waals surface area contributed by atoms with Crippen LogP contribution in [-0.4, -0.2) is 67.1 Å². The van der Waals surface area contributed by atoms with Crippen LogP contribution in [0, 0.1) is 11.3 Å². The van der Waals surface area contributed by atoms with Crippen LogP contribution in [0.15, 0.2) is 9.93 Å². The summed E-state index contributed by atoms with van der Waals surface area (Å²) < 4.78 is 22.4. The number of hydrogen-bond acceptors (Lipinski definition) is 9. The molecule has 1 N–H and O–H groups in total. The van der Waals surface area contributed by atoms with E-state index in [1.165, 1.54) is 28.4 Å². The first-order valence-electron chi connectivity index (χ1n) is 9.28. The number of hydrogen-bond donors (Lipinski definition) is 1. The van der Waals surface area contributed by atoms with Crippen molar-refractivity contribution in [3.63, 3.8) is 0 Å². The molecule has 31 heavy (non-hydrogen) atoms. The van der Waals surface area contributed by atoms with Gasteiger partial charge in [-0.3, -0.25) is 18.7 Å². The lowest BCUT2D eigenvalue weighted by atomic mass is 9.92. The summed E-state index contributed by atoms with van der Waals surface area (Å²) in [5, 5.41) is 9.63. The molecule has 3 aliphatic heterocycles. The van der Waals surface area contributed by atoms with Crippen molar-refractivity contribution in [3.05, 3.63) is 9.93 Å². The molecule has 0 aromatic heterocycles. The van der Waals surface area contributed by atoms with Crippen molar-refractivity contribution in [2.75, 3.05) is 18.3 Å². The maximum Gasteiger partial charge on any atom is 0.359 e. The third-order valence-corrected chi connectivity index (χ3v) is 9.31. The van der Waals surface area contributed by atoms with E-state index in [2.05, 4.69) is 0 Å². The standard InChI is InChI=1S/C18H25NO7S3.CH4.H2S/c1-9(20)11-13(21)19-12(15(22)25-8-26-17(23)18(2,3)4)16(28-14(11)19)27-10-5-6-29(24)7-10;;/h9-11,14,20H,5-8H2,1-4H3;1H4;1H2/t9-,10+,11+,14-,29-;;/m1../s1. The number of carbonyl (C=O) groups is 3. The molecule has 12 heteroatoms. The first kappa shape index (κ1) is 28.3. The number of ether oxygens (including phenoxy) is 2. The van der Waals surface area contributed by atoms with Crippen LogP contribution in [0.25, 0.3) is 0 Å². The Morgan fingerprint density at radius 1 is 1.35 bits per heavy atom. The van der Waals surface area contributed by atoms with Gasteiger partial charge in [0.05, 0.1) is 21.7 Å². The lowest BCUT2D eigenvalue weighted by molar-refractivity contribution is -0.174. The van der Waals surface area contributed by atoms with Gasteiger partial charge in [0.1, 0.15) is 5.37 Å². The molecule has 0 aromatic rings. The van der Waals surface area contributed by atoms with E-state index in [0.717, 1.165) is 6.42 Å². The molecule has 3 aliphatic rings. The Morgan fingerprint density at radius 3 is 2.52 bits per heavy atom. The van der Waals surface area contributed by atoms with E-state index < -0.39 is 47.0 Å². The summed E-state index contributed by atoms with van der Waals surface area (Å²) in [6, 6.07) is 0. The Morgan fingerprint density at radius 2 is 2.00 bits per heavy atom. The van der Waals surface area contributed by atoms with Gasteiger partial charge in [-0.2, -0.15) is 13.5 Å². The molecule has 0 aromatic carbocycles. The molecule has 0 spiro atoms. The molecule has 3 heterocycles. The number of fused-ring (bicyclic) bond motifs is 1. The molecule has 2 fully saturated rings. The highest BCUT2D eigenvalue weighted by Crippen LogP contribution is 2.55. The number of β-lactam (4-membered cyclic amide) rings is 1. The maximum atomic E-state index is 12.7. The minimum absolute atomic E-state index is 0. The molecular weight excluding hydrogens is 482 g/mol. The lowest BCUT2D eigenvalue weighted by Gasteiger charge is -2.43. The van der Waals surface area contributed by atoms with Gasteiger partial charge in [-0.05, 0) is 34.1 Å². The van der Waals surface area contributed by atoms with Crippen LogP contribution in [-0.2, 0) is 34.7 Å². The molecule has 0 aliphatic carbocycles. The van der Waals surface area contributed by atoms with Gasteiger partial charge in [-0.1, -0.05) is 19.2 Å². The summed E-state index contributed by atoms with van der Waals surface area (Å²) in [7, 11) is -0.864. The molecule has 2 saturated heterocycles. The van der Waals surface area contributed by atoms with E-state index in [1.54, 1.807) is 27.7 Å². The smallest absolute Gasteiger partial charge is 0.359 e. The zero-order chi connectivity index (χ0) is 21.5. The van der Waals surface area contributed by atoms with E-state index in [9.17, 15) is 23.7 Å². The lowest BCUT2D eigenvalue weighted by Crippen LogP contribution is -2.60. The van der Waals surface area contributed by atoms with E-state index in [1.807, 2.05) is 0 Å². The second kappa shape index (κ2) is 11.0. The number of carbonyl (C=O) groups excluding carboxylic acids is 3. The Bertz CT molecular complexity index is 778. The van der Waals surface area contributed by atoms with Crippen LogP contribution >= 0.6 is 37.0 Å². The quantitative estimate of drug-likeness (QED) is 0.324. The van der Waals surface area contributed by atoms with Crippen LogP contribution in [0.4, 0.5) is 0 Å². The highest BCUT2D eigenvalue weighted by atomic mass is 32.2. The van der Waals surface area contributed by atoms with Crippen LogP contribution in [0.5, 0.6) is 0 Å². The number of aliphatic hydroxyl groups excluding tert-OH is 1. The fourth-order valence-corrected chi connectivity index (χ4v) is 8.37. The first-order valence-corrected chi connectivity index (χ1v) is 12.5. The number of amides is 1. The first-order chi connectivity index (χ1) is 13.5. The van der Waals surface area contributed by atoms with Crippen molar-refractivity contribution in [2.24, 2.45) is 11.3 Å².